The lowest BCUT2D eigenvalue weighted by Crippen LogP contribution is -2.01. The summed E-state index contributed by atoms with van der Waals surface area (Å²) < 4.78 is 0. The van der Waals surface area contributed by atoms with E-state index in [9.17, 15) is 9.90 Å². The number of aromatic carboxylic acids is 1. The molecule has 0 unspecified atom stereocenters. The molecule has 3 aromatic rings. The molecule has 0 atom stereocenters. The molecule has 0 aliphatic carbocycles. The van der Waals surface area contributed by atoms with Crippen LogP contribution < -0.4 is 0 Å². The Hall–Kier alpha value is -2.68. The molecule has 1 N–H and O–H groups in total. The second-order valence-corrected chi connectivity index (χ2v) is 5.19. The molecular weight excluding hydrogens is 262 g/mol. The maximum absolute atomic E-state index is 11.4. The van der Waals surface area contributed by atoms with Crippen LogP contribution in [0.25, 0.3) is 21.9 Å². The van der Waals surface area contributed by atoms with Crippen LogP contribution in [0.15, 0.2) is 48.8 Å². The number of rotatable bonds is 2. The third-order valence-electron chi connectivity index (χ3n) is 3.78. The van der Waals surface area contributed by atoms with Gasteiger partial charge in [0.2, 0.25) is 0 Å². The molecule has 0 aliphatic heterocycles. The SMILES string of the molecule is Cc1cc(C)c(-c2cccc3ccncc23)cc1C(=O)O. The number of aromatic nitrogens is 1. The van der Waals surface area contributed by atoms with Crippen molar-refractivity contribution in [1.29, 1.82) is 0 Å². The molecule has 3 rings (SSSR count). The molecule has 0 aliphatic rings. The second-order valence-electron chi connectivity index (χ2n) is 5.19. The third kappa shape index (κ3) is 2.27. The van der Waals surface area contributed by atoms with Crippen molar-refractivity contribution in [2.24, 2.45) is 0 Å². The number of benzene rings is 2. The summed E-state index contributed by atoms with van der Waals surface area (Å²) in [5, 5.41) is 11.5. The van der Waals surface area contributed by atoms with Crippen LogP contribution in [0.5, 0.6) is 0 Å². The van der Waals surface area contributed by atoms with E-state index in [4.69, 9.17) is 0 Å². The normalized spacial score (nSPS) is 10.8. The van der Waals surface area contributed by atoms with Gasteiger partial charge in [-0.2, -0.15) is 0 Å². The van der Waals surface area contributed by atoms with E-state index in [1.807, 2.05) is 50.4 Å². The average molecular weight is 277 g/mol. The number of carboxylic acids is 1. The Kier molecular flexibility index (Phi) is 3.18. The molecule has 3 nitrogen and oxygen atoms in total. The molecule has 0 saturated carbocycles. The number of aryl methyl sites for hydroxylation is 2. The summed E-state index contributed by atoms with van der Waals surface area (Å²) in [5.74, 6) is -0.896. The van der Waals surface area contributed by atoms with E-state index in [1.54, 1.807) is 12.3 Å². The van der Waals surface area contributed by atoms with Crippen LogP contribution in [0.1, 0.15) is 21.5 Å². The van der Waals surface area contributed by atoms with Crippen LogP contribution in [-0.4, -0.2) is 16.1 Å². The number of carboxylic acid groups (broad SMARTS) is 1. The lowest BCUT2D eigenvalue weighted by molar-refractivity contribution is 0.0696. The van der Waals surface area contributed by atoms with Crippen LogP contribution in [0.4, 0.5) is 0 Å². The van der Waals surface area contributed by atoms with Gasteiger partial charge in [0, 0.05) is 17.8 Å². The topological polar surface area (TPSA) is 50.2 Å². The first kappa shape index (κ1) is 13.3. The van der Waals surface area contributed by atoms with Crippen molar-refractivity contribution in [3.05, 3.63) is 65.5 Å². The molecule has 21 heavy (non-hydrogen) atoms. The van der Waals surface area contributed by atoms with Crippen molar-refractivity contribution in [3.8, 4) is 11.1 Å². The van der Waals surface area contributed by atoms with Gasteiger partial charge in [-0.05, 0) is 53.6 Å². The first-order valence-corrected chi connectivity index (χ1v) is 6.75. The van der Waals surface area contributed by atoms with Gasteiger partial charge in [-0.25, -0.2) is 4.79 Å². The Morgan fingerprint density at radius 2 is 1.86 bits per heavy atom. The molecule has 1 heterocycles. The summed E-state index contributed by atoms with van der Waals surface area (Å²) in [5.41, 5.74) is 4.14. The number of fused-ring (bicyclic) bond motifs is 1. The van der Waals surface area contributed by atoms with Crippen LogP contribution in [0.2, 0.25) is 0 Å². The van der Waals surface area contributed by atoms with Gasteiger partial charge >= 0.3 is 5.97 Å². The Morgan fingerprint density at radius 3 is 2.62 bits per heavy atom. The molecule has 1 aromatic heterocycles. The molecule has 104 valence electrons. The minimum Gasteiger partial charge on any atom is -0.478 e. The Morgan fingerprint density at radius 1 is 1.05 bits per heavy atom. The van der Waals surface area contributed by atoms with Crippen molar-refractivity contribution >= 4 is 16.7 Å². The summed E-state index contributed by atoms with van der Waals surface area (Å²) in [7, 11) is 0. The first-order valence-electron chi connectivity index (χ1n) is 6.75. The molecule has 0 spiro atoms. The number of carbonyl (C=O) groups is 1. The fourth-order valence-corrected chi connectivity index (χ4v) is 2.72. The largest absolute Gasteiger partial charge is 0.478 e. The molecule has 3 heteroatoms. The van der Waals surface area contributed by atoms with Gasteiger partial charge in [0.25, 0.3) is 0 Å². The lowest BCUT2D eigenvalue weighted by atomic mass is 9.92. The van der Waals surface area contributed by atoms with Gasteiger partial charge < -0.3 is 5.11 Å². The summed E-state index contributed by atoms with van der Waals surface area (Å²) >= 11 is 0. The zero-order valence-corrected chi connectivity index (χ0v) is 11.9. The first-order chi connectivity index (χ1) is 10.1. The Balaban J connectivity index is 2.33. The van der Waals surface area contributed by atoms with Crippen LogP contribution in [0.3, 0.4) is 0 Å². The van der Waals surface area contributed by atoms with Crippen LogP contribution in [-0.2, 0) is 0 Å². The number of pyridine rings is 1. The van der Waals surface area contributed by atoms with E-state index in [1.165, 1.54) is 0 Å². The summed E-state index contributed by atoms with van der Waals surface area (Å²) in [6, 6.07) is 11.7. The highest BCUT2D eigenvalue weighted by Crippen LogP contribution is 2.32. The second kappa shape index (κ2) is 5.02. The summed E-state index contributed by atoms with van der Waals surface area (Å²) in [4.78, 5) is 15.6. The minimum atomic E-state index is -0.896. The summed E-state index contributed by atoms with van der Waals surface area (Å²) in [6.07, 6.45) is 3.58. The number of hydrogen-bond acceptors (Lipinski definition) is 2. The van der Waals surface area contributed by atoms with E-state index in [0.717, 1.165) is 33.0 Å². The van der Waals surface area contributed by atoms with Crippen molar-refractivity contribution in [2.75, 3.05) is 0 Å². The highest BCUT2D eigenvalue weighted by molar-refractivity contribution is 5.99. The van der Waals surface area contributed by atoms with Crippen molar-refractivity contribution in [3.63, 3.8) is 0 Å². The van der Waals surface area contributed by atoms with Gasteiger partial charge in [-0.1, -0.05) is 24.3 Å². The number of nitrogens with zero attached hydrogens (tertiary/aromatic N) is 1. The van der Waals surface area contributed by atoms with Gasteiger partial charge in [-0.3, -0.25) is 4.98 Å². The predicted molar refractivity (Wildman–Crippen MR) is 83.6 cm³/mol. The van der Waals surface area contributed by atoms with Crippen molar-refractivity contribution in [1.82, 2.24) is 4.98 Å². The predicted octanol–water partition coefficient (Wildman–Crippen LogP) is 4.22. The standard InChI is InChI=1S/C18H15NO2/c1-11-8-12(2)16(18(20)21)9-15(11)14-5-3-4-13-6-7-19-10-17(13)14/h3-10H,1-2H3,(H,20,21). The zero-order valence-electron chi connectivity index (χ0n) is 11.9. The molecule has 0 fully saturated rings. The summed E-state index contributed by atoms with van der Waals surface area (Å²) in [6.45, 7) is 3.83. The maximum atomic E-state index is 11.4. The van der Waals surface area contributed by atoms with E-state index in [-0.39, 0.29) is 0 Å². The molecule has 0 amide bonds. The number of hydrogen-bond donors (Lipinski definition) is 1. The van der Waals surface area contributed by atoms with Crippen molar-refractivity contribution < 1.29 is 9.90 Å². The molecule has 2 aromatic carbocycles. The Bertz CT molecular complexity index is 848. The lowest BCUT2D eigenvalue weighted by Gasteiger charge is -2.12. The van der Waals surface area contributed by atoms with E-state index in [2.05, 4.69) is 4.98 Å². The molecule has 0 saturated heterocycles. The van der Waals surface area contributed by atoms with E-state index >= 15 is 0 Å². The quantitative estimate of drug-likeness (QED) is 0.763. The molecular formula is C18H15NO2. The van der Waals surface area contributed by atoms with Gasteiger partial charge in [-0.15, -0.1) is 0 Å². The van der Waals surface area contributed by atoms with E-state index < -0.39 is 5.97 Å². The fourth-order valence-electron chi connectivity index (χ4n) is 2.72. The average Bonchev–Trinajstić information content (AvgIpc) is 2.46. The van der Waals surface area contributed by atoms with Crippen molar-refractivity contribution in [2.45, 2.75) is 13.8 Å². The minimum absolute atomic E-state index is 0.344. The Labute approximate surface area is 122 Å². The van der Waals surface area contributed by atoms with Gasteiger partial charge in [0.05, 0.1) is 5.56 Å². The van der Waals surface area contributed by atoms with Crippen LogP contribution >= 0.6 is 0 Å². The zero-order chi connectivity index (χ0) is 15.0. The van der Waals surface area contributed by atoms with Gasteiger partial charge in [0.1, 0.15) is 0 Å². The maximum Gasteiger partial charge on any atom is 0.335 e. The smallest absolute Gasteiger partial charge is 0.335 e. The van der Waals surface area contributed by atoms with Gasteiger partial charge in [0.15, 0.2) is 0 Å². The monoisotopic (exact) mass is 277 g/mol. The highest BCUT2D eigenvalue weighted by Gasteiger charge is 2.13. The highest BCUT2D eigenvalue weighted by atomic mass is 16.4. The fraction of sp³-hybridized carbons (Fsp3) is 0.111. The van der Waals surface area contributed by atoms with Crippen LogP contribution in [0, 0.1) is 13.8 Å². The molecule has 0 radical (unpaired) electrons. The molecule has 0 bridgehead atoms. The third-order valence-corrected chi connectivity index (χ3v) is 3.78. The van der Waals surface area contributed by atoms with E-state index in [0.29, 0.717) is 5.56 Å².